The first-order chi connectivity index (χ1) is 8.04. The number of carbonyl (C=O) groups excluding carboxylic acids is 1. The summed E-state index contributed by atoms with van der Waals surface area (Å²) >= 11 is 5.71. The molecule has 1 aromatic carbocycles. The molecule has 1 aromatic rings. The number of halogens is 1. The number of esters is 1. The SMILES string of the molecule is CCOC(=O)C(Oc1ccc(Cl)cc1)=C(C)O. The van der Waals surface area contributed by atoms with Crippen molar-refractivity contribution < 1.29 is 19.4 Å². The Morgan fingerprint density at radius 1 is 1.35 bits per heavy atom. The molecule has 1 rings (SSSR count). The number of hydrogen-bond acceptors (Lipinski definition) is 4. The van der Waals surface area contributed by atoms with Crippen LogP contribution in [0, 0.1) is 0 Å². The van der Waals surface area contributed by atoms with Gasteiger partial charge < -0.3 is 14.6 Å². The molecule has 0 unspecified atom stereocenters. The number of aliphatic hydroxyl groups is 1. The lowest BCUT2D eigenvalue weighted by Crippen LogP contribution is -2.14. The summed E-state index contributed by atoms with van der Waals surface area (Å²) in [6.45, 7) is 3.23. The smallest absolute Gasteiger partial charge is 0.377 e. The van der Waals surface area contributed by atoms with Gasteiger partial charge in [-0.2, -0.15) is 0 Å². The highest BCUT2D eigenvalue weighted by atomic mass is 35.5. The lowest BCUT2D eigenvalue weighted by atomic mass is 10.3. The quantitative estimate of drug-likeness (QED) is 0.511. The van der Waals surface area contributed by atoms with Crippen molar-refractivity contribution in [2.24, 2.45) is 0 Å². The average molecular weight is 257 g/mol. The van der Waals surface area contributed by atoms with Crippen molar-refractivity contribution in [3.05, 3.63) is 40.8 Å². The Bertz CT molecular complexity index is 419. The third-order valence-corrected chi connectivity index (χ3v) is 2.07. The summed E-state index contributed by atoms with van der Waals surface area (Å²) in [5, 5.41) is 9.91. The molecule has 1 N–H and O–H groups in total. The van der Waals surface area contributed by atoms with E-state index in [2.05, 4.69) is 0 Å². The van der Waals surface area contributed by atoms with Crippen LogP contribution in [0.15, 0.2) is 35.8 Å². The minimum Gasteiger partial charge on any atom is -0.508 e. The second-order valence-electron chi connectivity index (χ2n) is 3.19. The summed E-state index contributed by atoms with van der Waals surface area (Å²) < 4.78 is 10.00. The van der Waals surface area contributed by atoms with Crippen molar-refractivity contribution >= 4 is 17.6 Å². The van der Waals surface area contributed by atoms with Crippen molar-refractivity contribution in [2.45, 2.75) is 13.8 Å². The predicted octanol–water partition coefficient (Wildman–Crippen LogP) is 3.07. The number of ether oxygens (including phenoxy) is 2. The molecule has 0 saturated carbocycles. The Labute approximate surface area is 104 Å². The maximum atomic E-state index is 11.5. The van der Waals surface area contributed by atoms with Crippen LogP contribution in [0.5, 0.6) is 5.75 Å². The van der Waals surface area contributed by atoms with E-state index in [-0.39, 0.29) is 18.1 Å². The van der Waals surface area contributed by atoms with Crippen molar-refractivity contribution in [1.82, 2.24) is 0 Å². The summed E-state index contributed by atoms with van der Waals surface area (Å²) in [5.41, 5.74) is 0. The molecule has 0 aliphatic heterocycles. The summed E-state index contributed by atoms with van der Waals surface area (Å²) in [6.07, 6.45) is 0. The number of benzene rings is 1. The van der Waals surface area contributed by atoms with Crippen LogP contribution in [-0.4, -0.2) is 17.7 Å². The zero-order chi connectivity index (χ0) is 12.8. The molecule has 0 amide bonds. The highest BCUT2D eigenvalue weighted by Crippen LogP contribution is 2.19. The zero-order valence-corrected chi connectivity index (χ0v) is 10.3. The van der Waals surface area contributed by atoms with Gasteiger partial charge in [-0.3, -0.25) is 0 Å². The van der Waals surface area contributed by atoms with Crippen molar-refractivity contribution in [3.8, 4) is 5.75 Å². The summed E-state index contributed by atoms with van der Waals surface area (Å²) in [7, 11) is 0. The van der Waals surface area contributed by atoms with Crippen LogP contribution >= 0.6 is 11.6 Å². The second kappa shape index (κ2) is 6.15. The fraction of sp³-hybridized carbons (Fsp3) is 0.250. The molecular formula is C12H13ClO4. The third-order valence-electron chi connectivity index (χ3n) is 1.82. The first-order valence-electron chi connectivity index (χ1n) is 5.05. The van der Waals surface area contributed by atoms with Gasteiger partial charge >= 0.3 is 5.97 Å². The fourth-order valence-electron chi connectivity index (χ4n) is 1.08. The molecule has 0 aliphatic rings. The lowest BCUT2D eigenvalue weighted by molar-refractivity contribution is -0.141. The summed E-state index contributed by atoms with van der Waals surface area (Å²) in [4.78, 5) is 11.5. The van der Waals surface area contributed by atoms with E-state index >= 15 is 0 Å². The molecule has 0 heterocycles. The van der Waals surface area contributed by atoms with Crippen LogP contribution in [0.25, 0.3) is 0 Å². The van der Waals surface area contributed by atoms with Crippen LogP contribution in [-0.2, 0) is 9.53 Å². The van der Waals surface area contributed by atoms with E-state index in [0.717, 1.165) is 0 Å². The molecular weight excluding hydrogens is 244 g/mol. The van der Waals surface area contributed by atoms with Gasteiger partial charge in [0.2, 0.25) is 5.76 Å². The summed E-state index contributed by atoms with van der Waals surface area (Å²) in [6, 6.07) is 6.41. The van der Waals surface area contributed by atoms with Crippen LogP contribution in [0.4, 0.5) is 0 Å². The largest absolute Gasteiger partial charge is 0.508 e. The maximum Gasteiger partial charge on any atom is 0.377 e. The Morgan fingerprint density at radius 2 is 1.94 bits per heavy atom. The highest BCUT2D eigenvalue weighted by Gasteiger charge is 2.17. The van der Waals surface area contributed by atoms with E-state index < -0.39 is 5.97 Å². The minimum absolute atomic E-state index is 0.208. The van der Waals surface area contributed by atoms with Gasteiger partial charge in [-0.25, -0.2) is 4.79 Å². The summed E-state index contributed by atoms with van der Waals surface area (Å²) in [5.74, 6) is -0.777. The van der Waals surface area contributed by atoms with Crippen molar-refractivity contribution in [1.29, 1.82) is 0 Å². The standard InChI is InChI=1S/C12H13ClO4/c1-3-16-12(15)11(8(2)14)17-10-6-4-9(13)5-7-10/h4-7,14H,3H2,1-2H3. The highest BCUT2D eigenvalue weighted by molar-refractivity contribution is 6.30. The maximum absolute atomic E-state index is 11.5. The molecule has 0 aromatic heterocycles. The van der Waals surface area contributed by atoms with E-state index in [1.807, 2.05) is 0 Å². The predicted molar refractivity (Wildman–Crippen MR) is 64.0 cm³/mol. The topological polar surface area (TPSA) is 55.8 Å². The molecule has 0 atom stereocenters. The van der Waals surface area contributed by atoms with Crippen LogP contribution < -0.4 is 4.74 Å². The van der Waals surface area contributed by atoms with E-state index in [0.29, 0.717) is 10.8 Å². The number of aliphatic hydroxyl groups excluding tert-OH is 1. The third kappa shape index (κ3) is 4.00. The first-order valence-corrected chi connectivity index (χ1v) is 5.42. The minimum atomic E-state index is -0.706. The number of hydrogen-bond donors (Lipinski definition) is 1. The molecule has 0 spiro atoms. The molecule has 4 nitrogen and oxygen atoms in total. The second-order valence-corrected chi connectivity index (χ2v) is 3.63. The Balaban J connectivity index is 2.85. The number of allylic oxidation sites excluding steroid dienone is 1. The van der Waals surface area contributed by atoms with Gasteiger partial charge in [-0.1, -0.05) is 11.6 Å². The average Bonchev–Trinajstić information content (AvgIpc) is 2.28. The van der Waals surface area contributed by atoms with Crippen molar-refractivity contribution in [2.75, 3.05) is 6.61 Å². The molecule has 0 aliphatic carbocycles. The van der Waals surface area contributed by atoms with Crippen LogP contribution in [0.1, 0.15) is 13.8 Å². The normalized spacial score (nSPS) is 11.7. The molecule has 5 heteroatoms. The molecule has 0 fully saturated rings. The Morgan fingerprint density at radius 3 is 2.41 bits per heavy atom. The zero-order valence-electron chi connectivity index (χ0n) is 9.57. The first kappa shape index (κ1) is 13.4. The van der Waals surface area contributed by atoms with Crippen LogP contribution in [0.2, 0.25) is 5.02 Å². The van der Waals surface area contributed by atoms with Crippen molar-refractivity contribution in [3.63, 3.8) is 0 Å². The van der Waals surface area contributed by atoms with E-state index in [1.54, 1.807) is 31.2 Å². The van der Waals surface area contributed by atoms with Gasteiger partial charge in [0.1, 0.15) is 11.5 Å². The molecule has 0 radical (unpaired) electrons. The van der Waals surface area contributed by atoms with E-state index in [9.17, 15) is 9.90 Å². The fourth-order valence-corrected chi connectivity index (χ4v) is 1.21. The molecule has 0 bridgehead atoms. The molecule has 0 saturated heterocycles. The Kier molecular flexibility index (Phi) is 4.84. The van der Waals surface area contributed by atoms with Gasteiger partial charge in [0, 0.05) is 5.02 Å². The van der Waals surface area contributed by atoms with E-state index in [4.69, 9.17) is 21.1 Å². The van der Waals surface area contributed by atoms with Gasteiger partial charge in [-0.05, 0) is 38.1 Å². The number of rotatable bonds is 4. The van der Waals surface area contributed by atoms with Gasteiger partial charge in [0.25, 0.3) is 0 Å². The van der Waals surface area contributed by atoms with Gasteiger partial charge in [0.05, 0.1) is 6.61 Å². The van der Waals surface area contributed by atoms with E-state index in [1.165, 1.54) is 6.92 Å². The monoisotopic (exact) mass is 256 g/mol. The van der Waals surface area contributed by atoms with Crippen LogP contribution in [0.3, 0.4) is 0 Å². The molecule has 92 valence electrons. The molecule has 17 heavy (non-hydrogen) atoms. The lowest BCUT2D eigenvalue weighted by Gasteiger charge is -2.09. The number of carbonyl (C=O) groups is 1. The Hall–Kier alpha value is -1.68. The van der Waals surface area contributed by atoms with Gasteiger partial charge in [-0.15, -0.1) is 0 Å². The van der Waals surface area contributed by atoms with Gasteiger partial charge in [0.15, 0.2) is 0 Å².